The standard InChI is InChI=1S/C35H54O4S2/c1-15-38-29(36)20-39-31-27(34(9,10)11)18-24(19-28(31)35(12,13)14)41-22(2)21-40-23-16-25(32(3,4)5)30(37)26(17-23)33(6,7)8/h16-19,22,37H,15,20-21H2,1-14H3. The van der Waals surface area contributed by atoms with Gasteiger partial charge in [-0.1, -0.05) is 90.0 Å². The highest BCUT2D eigenvalue weighted by atomic mass is 32.2. The minimum absolute atomic E-state index is 0.0979. The zero-order chi connectivity index (χ0) is 31.6. The van der Waals surface area contributed by atoms with E-state index in [1.165, 1.54) is 9.79 Å². The second-order valence-electron chi connectivity index (χ2n) is 15.0. The van der Waals surface area contributed by atoms with Crippen molar-refractivity contribution >= 4 is 29.5 Å². The van der Waals surface area contributed by atoms with Crippen molar-refractivity contribution in [1.29, 1.82) is 0 Å². The van der Waals surface area contributed by atoms with E-state index in [1.807, 2.05) is 23.5 Å². The van der Waals surface area contributed by atoms with Crippen molar-refractivity contribution in [3.8, 4) is 11.5 Å². The lowest BCUT2D eigenvalue weighted by Gasteiger charge is -2.31. The quantitative estimate of drug-likeness (QED) is 0.228. The Morgan fingerprint density at radius 1 is 0.756 bits per heavy atom. The van der Waals surface area contributed by atoms with Gasteiger partial charge in [0, 0.05) is 43.0 Å². The SMILES string of the molecule is CCOC(=O)COc1c(C(C)(C)C)cc(SC(C)CSc2cc(C(C)(C)C)c(O)c(C(C)(C)C)c2)cc1C(C)(C)C. The molecule has 0 aliphatic rings. The first kappa shape index (κ1) is 35.4. The summed E-state index contributed by atoms with van der Waals surface area (Å²) >= 11 is 3.72. The van der Waals surface area contributed by atoms with E-state index < -0.39 is 0 Å². The minimum Gasteiger partial charge on any atom is -0.507 e. The maximum atomic E-state index is 12.1. The summed E-state index contributed by atoms with van der Waals surface area (Å²) in [5, 5.41) is 11.5. The van der Waals surface area contributed by atoms with Crippen LogP contribution in [0.4, 0.5) is 0 Å². The summed E-state index contributed by atoms with van der Waals surface area (Å²) in [7, 11) is 0. The molecule has 41 heavy (non-hydrogen) atoms. The Labute approximate surface area is 258 Å². The van der Waals surface area contributed by atoms with Gasteiger partial charge in [-0.25, -0.2) is 4.79 Å². The number of benzene rings is 2. The highest BCUT2D eigenvalue weighted by Crippen LogP contribution is 2.45. The molecule has 2 aromatic rings. The summed E-state index contributed by atoms with van der Waals surface area (Å²) in [6.45, 7) is 30.3. The third-order valence-electron chi connectivity index (χ3n) is 6.84. The molecule has 0 heterocycles. The van der Waals surface area contributed by atoms with Crippen LogP contribution in [0.1, 0.15) is 119 Å². The Kier molecular flexibility index (Phi) is 11.4. The van der Waals surface area contributed by atoms with Crippen LogP contribution >= 0.6 is 23.5 Å². The number of carbonyl (C=O) groups is 1. The Balaban J connectivity index is 2.40. The summed E-state index contributed by atoms with van der Waals surface area (Å²) in [5.74, 6) is 1.79. The van der Waals surface area contributed by atoms with Crippen molar-refractivity contribution in [1.82, 2.24) is 0 Å². The number of rotatable bonds is 9. The van der Waals surface area contributed by atoms with E-state index in [0.717, 1.165) is 33.8 Å². The number of aromatic hydroxyl groups is 1. The zero-order valence-corrected chi connectivity index (χ0v) is 29.6. The molecule has 1 unspecified atom stereocenters. The molecule has 0 fully saturated rings. The molecule has 0 aliphatic heterocycles. The van der Waals surface area contributed by atoms with Gasteiger partial charge in [0.25, 0.3) is 0 Å². The van der Waals surface area contributed by atoms with Gasteiger partial charge in [-0.15, -0.1) is 23.5 Å². The first-order valence-corrected chi connectivity index (χ1v) is 16.6. The highest BCUT2D eigenvalue weighted by molar-refractivity contribution is 8.03. The lowest BCUT2D eigenvalue weighted by atomic mass is 9.79. The van der Waals surface area contributed by atoms with Gasteiger partial charge >= 0.3 is 5.97 Å². The maximum absolute atomic E-state index is 12.1. The summed E-state index contributed by atoms with van der Waals surface area (Å²) in [6, 6.07) is 8.80. The third kappa shape index (κ3) is 9.88. The number of phenols is 1. The summed E-state index contributed by atoms with van der Waals surface area (Å²) < 4.78 is 11.3. The zero-order valence-electron chi connectivity index (χ0n) is 28.0. The van der Waals surface area contributed by atoms with Gasteiger partial charge in [-0.05, 0) is 52.8 Å². The third-order valence-corrected chi connectivity index (χ3v) is 9.36. The molecule has 2 aromatic carbocycles. The minimum atomic E-state index is -0.352. The molecule has 1 N–H and O–H groups in total. The Morgan fingerprint density at radius 3 is 1.56 bits per heavy atom. The average Bonchev–Trinajstić information content (AvgIpc) is 2.79. The fourth-order valence-corrected chi connectivity index (χ4v) is 6.73. The second-order valence-corrected chi connectivity index (χ2v) is 17.7. The van der Waals surface area contributed by atoms with Gasteiger partial charge in [-0.2, -0.15) is 0 Å². The lowest BCUT2D eigenvalue weighted by Crippen LogP contribution is -2.23. The molecule has 0 radical (unpaired) electrons. The summed E-state index contributed by atoms with van der Waals surface area (Å²) in [6.07, 6.45) is 0. The molecular weight excluding hydrogens is 549 g/mol. The van der Waals surface area contributed by atoms with Gasteiger partial charge in [0.05, 0.1) is 6.61 Å². The fraction of sp³-hybridized carbons (Fsp3) is 0.629. The number of hydrogen-bond acceptors (Lipinski definition) is 6. The van der Waals surface area contributed by atoms with Gasteiger partial charge < -0.3 is 14.6 Å². The first-order chi connectivity index (χ1) is 18.6. The van der Waals surface area contributed by atoms with Crippen LogP contribution in [0.2, 0.25) is 0 Å². The average molecular weight is 603 g/mol. The normalized spacial score (nSPS) is 13.7. The second kappa shape index (κ2) is 13.2. The van der Waals surface area contributed by atoms with Crippen molar-refractivity contribution in [3.05, 3.63) is 46.5 Å². The van der Waals surface area contributed by atoms with Crippen LogP contribution in [0.25, 0.3) is 0 Å². The molecule has 0 saturated heterocycles. The Bertz CT molecular complexity index is 1130. The predicted molar refractivity (Wildman–Crippen MR) is 178 cm³/mol. The summed E-state index contributed by atoms with van der Waals surface area (Å²) in [4.78, 5) is 14.5. The molecule has 0 bridgehead atoms. The molecule has 0 saturated carbocycles. The van der Waals surface area contributed by atoms with E-state index in [9.17, 15) is 9.90 Å². The van der Waals surface area contributed by atoms with Crippen LogP contribution in [0, 0.1) is 0 Å². The molecule has 0 spiro atoms. The van der Waals surface area contributed by atoms with Crippen LogP contribution in [0.3, 0.4) is 0 Å². The number of thioether (sulfide) groups is 2. The number of esters is 1. The van der Waals surface area contributed by atoms with E-state index >= 15 is 0 Å². The van der Waals surface area contributed by atoms with E-state index in [2.05, 4.69) is 114 Å². The molecule has 2 rings (SSSR count). The number of ether oxygens (including phenoxy) is 2. The maximum Gasteiger partial charge on any atom is 0.344 e. The summed E-state index contributed by atoms with van der Waals surface area (Å²) in [5.41, 5.74) is 3.55. The van der Waals surface area contributed by atoms with Crippen molar-refractivity contribution in [3.63, 3.8) is 0 Å². The molecule has 0 aliphatic carbocycles. The van der Waals surface area contributed by atoms with E-state index in [0.29, 0.717) is 17.6 Å². The fourth-order valence-electron chi connectivity index (χ4n) is 4.59. The number of carbonyl (C=O) groups excluding carboxylic acids is 1. The Morgan fingerprint density at radius 2 is 1.17 bits per heavy atom. The first-order valence-electron chi connectivity index (χ1n) is 14.7. The Hall–Kier alpha value is -1.79. The molecule has 0 amide bonds. The van der Waals surface area contributed by atoms with Crippen LogP contribution in [0.15, 0.2) is 34.1 Å². The van der Waals surface area contributed by atoms with Crippen molar-refractivity contribution in [2.75, 3.05) is 19.0 Å². The number of phenolic OH excluding ortho intramolecular Hbond substituents is 1. The molecule has 230 valence electrons. The highest BCUT2D eigenvalue weighted by Gasteiger charge is 2.30. The largest absolute Gasteiger partial charge is 0.507 e. The topological polar surface area (TPSA) is 55.8 Å². The van der Waals surface area contributed by atoms with Crippen molar-refractivity contribution < 1.29 is 19.4 Å². The van der Waals surface area contributed by atoms with Gasteiger partial charge in [0.15, 0.2) is 6.61 Å². The van der Waals surface area contributed by atoms with Crippen LogP contribution in [-0.2, 0) is 31.2 Å². The van der Waals surface area contributed by atoms with Crippen LogP contribution < -0.4 is 4.74 Å². The predicted octanol–water partition coefficient (Wildman–Crippen LogP) is 9.80. The molecule has 1 atom stereocenters. The lowest BCUT2D eigenvalue weighted by molar-refractivity contribution is -0.145. The van der Waals surface area contributed by atoms with Crippen molar-refractivity contribution in [2.24, 2.45) is 0 Å². The van der Waals surface area contributed by atoms with E-state index in [1.54, 1.807) is 6.92 Å². The van der Waals surface area contributed by atoms with Crippen LogP contribution in [-0.4, -0.2) is 35.3 Å². The monoisotopic (exact) mass is 602 g/mol. The van der Waals surface area contributed by atoms with Crippen molar-refractivity contribution in [2.45, 2.75) is 134 Å². The van der Waals surface area contributed by atoms with E-state index in [-0.39, 0.29) is 34.2 Å². The number of hydrogen-bond donors (Lipinski definition) is 1. The molecule has 4 nitrogen and oxygen atoms in total. The van der Waals surface area contributed by atoms with E-state index in [4.69, 9.17) is 9.47 Å². The smallest absolute Gasteiger partial charge is 0.344 e. The van der Waals surface area contributed by atoms with Gasteiger partial charge in [0.2, 0.25) is 0 Å². The van der Waals surface area contributed by atoms with Crippen LogP contribution in [0.5, 0.6) is 11.5 Å². The molecule has 6 heteroatoms. The van der Waals surface area contributed by atoms with Gasteiger partial charge in [0.1, 0.15) is 11.5 Å². The molecular formula is C35H54O4S2. The van der Waals surface area contributed by atoms with Gasteiger partial charge in [-0.3, -0.25) is 0 Å². The molecule has 0 aromatic heterocycles.